The number of rotatable bonds is 4. The Morgan fingerprint density at radius 3 is 3.00 bits per heavy atom. The average Bonchev–Trinajstić information content (AvgIpc) is 3.15. The molecule has 22 heavy (non-hydrogen) atoms. The molecule has 3 aromatic rings. The Morgan fingerprint density at radius 2 is 2.32 bits per heavy atom. The molecule has 0 bridgehead atoms. The van der Waals surface area contributed by atoms with Crippen molar-refractivity contribution in [3.8, 4) is 16.5 Å². The van der Waals surface area contributed by atoms with E-state index in [1.807, 2.05) is 35.7 Å². The fraction of sp³-hybridized carbons (Fsp3) is 0.0714. The van der Waals surface area contributed by atoms with Crippen LogP contribution in [-0.4, -0.2) is 28.2 Å². The number of H-pyrrole nitrogens is 1. The van der Waals surface area contributed by atoms with Gasteiger partial charge < -0.3 is 4.74 Å². The predicted octanol–water partition coefficient (Wildman–Crippen LogP) is 4.32. The van der Waals surface area contributed by atoms with E-state index in [4.69, 9.17) is 17.0 Å². The van der Waals surface area contributed by atoms with Gasteiger partial charge in [-0.15, -0.1) is 11.3 Å². The second-order valence-corrected chi connectivity index (χ2v) is 6.47. The average molecular weight is 395 g/mol. The van der Waals surface area contributed by atoms with Crippen LogP contribution in [0.4, 0.5) is 0 Å². The summed E-state index contributed by atoms with van der Waals surface area (Å²) in [4.78, 5) is 1.00. The molecule has 0 aliphatic carbocycles. The van der Waals surface area contributed by atoms with Crippen LogP contribution in [0.15, 0.2) is 45.3 Å². The second-order valence-electron chi connectivity index (χ2n) is 4.28. The molecule has 2 heterocycles. The van der Waals surface area contributed by atoms with Gasteiger partial charge in [-0.1, -0.05) is 6.07 Å². The second kappa shape index (κ2) is 6.55. The Hall–Kier alpha value is -1.77. The Labute approximate surface area is 144 Å². The first-order valence-electron chi connectivity index (χ1n) is 6.28. The first-order valence-corrected chi connectivity index (χ1v) is 8.36. The molecule has 0 fully saturated rings. The van der Waals surface area contributed by atoms with Crippen LogP contribution < -0.4 is 4.74 Å². The first-order chi connectivity index (χ1) is 10.7. The molecule has 0 aliphatic heterocycles. The highest BCUT2D eigenvalue weighted by molar-refractivity contribution is 9.10. The SMILES string of the molecule is COc1ccc(/C=N\n2c(-c3cccs3)n[nH]c2=S)cc1Br. The number of nitrogens with one attached hydrogen (secondary N) is 1. The Kier molecular flexibility index (Phi) is 4.51. The number of benzene rings is 1. The molecule has 0 saturated carbocycles. The molecular formula is C14H11BrN4OS2. The summed E-state index contributed by atoms with van der Waals surface area (Å²) >= 11 is 10.3. The highest BCUT2D eigenvalue weighted by atomic mass is 79.9. The van der Waals surface area contributed by atoms with E-state index in [0.29, 0.717) is 10.6 Å². The van der Waals surface area contributed by atoms with E-state index in [2.05, 4.69) is 31.2 Å². The van der Waals surface area contributed by atoms with E-state index in [9.17, 15) is 0 Å². The lowest BCUT2D eigenvalue weighted by Crippen LogP contribution is -1.94. The van der Waals surface area contributed by atoms with Gasteiger partial charge in [0.1, 0.15) is 5.75 Å². The minimum Gasteiger partial charge on any atom is -0.496 e. The summed E-state index contributed by atoms with van der Waals surface area (Å²) < 4.78 is 8.14. The summed E-state index contributed by atoms with van der Waals surface area (Å²) in [5, 5.41) is 13.4. The Bertz CT molecular complexity index is 867. The number of aromatic amines is 1. The maximum absolute atomic E-state index is 5.23. The van der Waals surface area contributed by atoms with Gasteiger partial charge in [-0.25, -0.2) is 5.10 Å². The van der Waals surface area contributed by atoms with Crippen LogP contribution in [0, 0.1) is 4.77 Å². The first kappa shape index (κ1) is 15.1. The Morgan fingerprint density at radius 1 is 1.45 bits per heavy atom. The lowest BCUT2D eigenvalue weighted by Gasteiger charge is -2.03. The van der Waals surface area contributed by atoms with Gasteiger partial charge in [0.05, 0.1) is 22.7 Å². The number of ether oxygens (including phenoxy) is 1. The summed E-state index contributed by atoms with van der Waals surface area (Å²) in [7, 11) is 1.63. The summed E-state index contributed by atoms with van der Waals surface area (Å²) in [5.74, 6) is 1.47. The molecule has 0 saturated heterocycles. The normalized spacial score (nSPS) is 11.2. The fourth-order valence-electron chi connectivity index (χ4n) is 1.85. The minimum atomic E-state index is 0.451. The van der Waals surface area contributed by atoms with Crippen LogP contribution in [0.2, 0.25) is 0 Å². The molecule has 0 spiro atoms. The Balaban J connectivity index is 1.95. The van der Waals surface area contributed by atoms with Crippen molar-refractivity contribution < 1.29 is 4.74 Å². The third kappa shape index (κ3) is 3.03. The molecule has 0 unspecified atom stereocenters. The molecule has 3 rings (SSSR count). The molecule has 112 valence electrons. The van der Waals surface area contributed by atoms with E-state index in [-0.39, 0.29) is 0 Å². The maximum Gasteiger partial charge on any atom is 0.216 e. The number of aromatic nitrogens is 3. The van der Waals surface area contributed by atoms with Crippen molar-refractivity contribution in [3.05, 3.63) is 50.5 Å². The standard InChI is InChI=1S/C14H11BrN4OS2/c1-20-11-5-4-9(7-10(11)15)8-16-19-13(17-18-14(19)21)12-3-2-6-22-12/h2-8H,1H3,(H,18,21)/b16-8-. The smallest absolute Gasteiger partial charge is 0.216 e. The highest BCUT2D eigenvalue weighted by Gasteiger charge is 2.08. The van der Waals surface area contributed by atoms with Crippen LogP contribution in [0.1, 0.15) is 5.56 Å². The van der Waals surface area contributed by atoms with Gasteiger partial charge in [-0.3, -0.25) is 0 Å². The molecule has 5 nitrogen and oxygen atoms in total. The van der Waals surface area contributed by atoms with Gasteiger partial charge in [0.2, 0.25) is 4.77 Å². The summed E-state index contributed by atoms with van der Waals surface area (Å²) in [5.41, 5.74) is 0.924. The third-order valence-corrected chi connectivity index (χ3v) is 4.64. The third-order valence-electron chi connectivity index (χ3n) is 2.89. The number of nitrogens with zero attached hydrogens (tertiary/aromatic N) is 3. The molecule has 0 atom stereocenters. The number of hydrogen-bond donors (Lipinski definition) is 1. The minimum absolute atomic E-state index is 0.451. The molecule has 8 heteroatoms. The van der Waals surface area contributed by atoms with Crippen LogP contribution in [0.5, 0.6) is 5.75 Å². The number of thiophene rings is 1. The zero-order valence-electron chi connectivity index (χ0n) is 11.5. The van der Waals surface area contributed by atoms with E-state index >= 15 is 0 Å². The molecule has 0 radical (unpaired) electrons. The van der Waals surface area contributed by atoms with Gasteiger partial charge in [0, 0.05) is 0 Å². The number of methoxy groups -OCH3 is 1. The van der Waals surface area contributed by atoms with Crippen molar-refractivity contribution >= 4 is 45.7 Å². The lowest BCUT2D eigenvalue weighted by atomic mass is 10.2. The zero-order valence-corrected chi connectivity index (χ0v) is 14.7. The van der Waals surface area contributed by atoms with Crippen LogP contribution in [-0.2, 0) is 0 Å². The van der Waals surface area contributed by atoms with Crippen LogP contribution in [0.3, 0.4) is 0 Å². The fourth-order valence-corrected chi connectivity index (χ4v) is 3.29. The predicted molar refractivity (Wildman–Crippen MR) is 94.4 cm³/mol. The quantitative estimate of drug-likeness (QED) is 0.529. The summed E-state index contributed by atoms with van der Waals surface area (Å²) in [6.07, 6.45) is 1.73. The van der Waals surface area contributed by atoms with E-state index in [1.54, 1.807) is 29.3 Å². The van der Waals surface area contributed by atoms with Gasteiger partial charge in [0.25, 0.3) is 0 Å². The molecule has 1 N–H and O–H groups in total. The van der Waals surface area contributed by atoms with Crippen molar-refractivity contribution in [2.75, 3.05) is 7.11 Å². The molecule has 0 amide bonds. The van der Waals surface area contributed by atoms with Gasteiger partial charge in [0.15, 0.2) is 5.82 Å². The van der Waals surface area contributed by atoms with Gasteiger partial charge in [-0.05, 0) is 63.4 Å². The van der Waals surface area contributed by atoms with Gasteiger partial charge >= 0.3 is 0 Å². The molecular weight excluding hydrogens is 384 g/mol. The van der Waals surface area contributed by atoms with Crippen molar-refractivity contribution in [2.45, 2.75) is 0 Å². The van der Waals surface area contributed by atoms with E-state index in [1.165, 1.54) is 0 Å². The van der Waals surface area contributed by atoms with Crippen LogP contribution in [0.25, 0.3) is 10.7 Å². The summed E-state index contributed by atoms with van der Waals surface area (Å²) in [6.45, 7) is 0. The molecule has 2 aromatic heterocycles. The zero-order chi connectivity index (χ0) is 15.5. The van der Waals surface area contributed by atoms with Crippen molar-refractivity contribution in [1.82, 2.24) is 14.9 Å². The molecule has 1 aromatic carbocycles. The van der Waals surface area contributed by atoms with E-state index < -0.39 is 0 Å². The summed E-state index contributed by atoms with van der Waals surface area (Å²) in [6, 6.07) is 9.66. The van der Waals surface area contributed by atoms with Crippen LogP contribution >= 0.6 is 39.5 Å². The largest absolute Gasteiger partial charge is 0.496 e. The molecule has 0 aliphatic rings. The van der Waals surface area contributed by atoms with Gasteiger partial charge in [-0.2, -0.15) is 14.9 Å². The van der Waals surface area contributed by atoms with Crippen molar-refractivity contribution in [2.24, 2.45) is 5.10 Å². The van der Waals surface area contributed by atoms with Crippen molar-refractivity contribution in [3.63, 3.8) is 0 Å². The van der Waals surface area contributed by atoms with E-state index in [0.717, 1.165) is 20.7 Å². The number of halogens is 1. The lowest BCUT2D eigenvalue weighted by molar-refractivity contribution is 0.412. The maximum atomic E-state index is 5.23. The number of hydrogen-bond acceptors (Lipinski definition) is 5. The van der Waals surface area contributed by atoms with Crippen molar-refractivity contribution in [1.29, 1.82) is 0 Å². The topological polar surface area (TPSA) is 55.2 Å². The highest BCUT2D eigenvalue weighted by Crippen LogP contribution is 2.25. The monoisotopic (exact) mass is 394 g/mol.